The largest absolute Gasteiger partial charge is 0.480 e. The van der Waals surface area contributed by atoms with Gasteiger partial charge in [-0.1, -0.05) is 19.3 Å². The van der Waals surface area contributed by atoms with Crippen LogP contribution in [0.5, 0.6) is 0 Å². The van der Waals surface area contributed by atoms with Crippen LogP contribution in [0, 0.1) is 5.95 Å². The molecule has 2 heterocycles. The summed E-state index contributed by atoms with van der Waals surface area (Å²) < 4.78 is 16.2. The Hall–Kier alpha value is -1.96. The number of carbonyl (C=O) groups excluding carboxylic acids is 1. The normalized spacial score (nSPS) is 17.1. The molecule has 8 heteroatoms. The van der Waals surface area contributed by atoms with E-state index in [1.807, 2.05) is 0 Å². The third-order valence-electron chi connectivity index (χ3n) is 4.21. The Morgan fingerprint density at radius 1 is 1.30 bits per heavy atom. The average molecular weight is 384 g/mol. The van der Waals surface area contributed by atoms with Crippen molar-refractivity contribution in [3.8, 4) is 0 Å². The molecule has 0 saturated heterocycles. The van der Waals surface area contributed by atoms with E-state index in [0.29, 0.717) is 30.2 Å². The standard InChI is InChI=1S/C15H15BrFN3O3/c16-9-4-5-10-18-11(12(17)20(10)8-9)13(21)19-15(14(22)23)6-2-1-3-7-15/h4-5,8H,1-3,6-7H2,(H,19,21)(H,22,23). The van der Waals surface area contributed by atoms with Crippen molar-refractivity contribution in [1.29, 1.82) is 0 Å². The van der Waals surface area contributed by atoms with Gasteiger partial charge in [-0.25, -0.2) is 9.78 Å². The molecule has 1 aliphatic rings. The third-order valence-corrected chi connectivity index (χ3v) is 4.68. The minimum absolute atomic E-state index is 0.281. The maximum absolute atomic E-state index is 14.4. The number of fused-ring (bicyclic) bond motifs is 1. The van der Waals surface area contributed by atoms with Crippen molar-refractivity contribution in [3.05, 3.63) is 34.4 Å². The Morgan fingerprint density at radius 3 is 2.65 bits per heavy atom. The van der Waals surface area contributed by atoms with Gasteiger partial charge in [0.25, 0.3) is 5.91 Å². The second-order valence-corrected chi connectivity index (χ2v) is 6.64. The van der Waals surface area contributed by atoms with Gasteiger partial charge in [0.15, 0.2) is 5.69 Å². The Morgan fingerprint density at radius 2 is 2.00 bits per heavy atom. The minimum atomic E-state index is -1.34. The molecule has 1 aliphatic carbocycles. The van der Waals surface area contributed by atoms with Crippen molar-refractivity contribution < 1.29 is 19.1 Å². The molecule has 0 bridgehead atoms. The van der Waals surface area contributed by atoms with Crippen LogP contribution in [0.1, 0.15) is 42.6 Å². The Balaban J connectivity index is 1.94. The molecular weight excluding hydrogens is 369 g/mol. The number of carboxylic acid groups (broad SMARTS) is 1. The van der Waals surface area contributed by atoms with Crippen LogP contribution < -0.4 is 5.32 Å². The number of aliphatic carboxylic acids is 1. The van der Waals surface area contributed by atoms with Gasteiger partial charge >= 0.3 is 5.97 Å². The zero-order chi connectivity index (χ0) is 16.6. The topological polar surface area (TPSA) is 83.7 Å². The molecule has 2 aromatic rings. The van der Waals surface area contributed by atoms with Crippen LogP contribution in [0.3, 0.4) is 0 Å². The van der Waals surface area contributed by atoms with E-state index in [2.05, 4.69) is 26.2 Å². The molecule has 122 valence electrons. The Labute approximate surface area is 139 Å². The fraction of sp³-hybridized carbons (Fsp3) is 0.400. The van der Waals surface area contributed by atoms with Gasteiger partial charge in [0.1, 0.15) is 11.2 Å². The molecular formula is C15H15BrFN3O3. The summed E-state index contributed by atoms with van der Waals surface area (Å²) in [6.07, 6.45) is 4.51. The number of halogens is 2. The zero-order valence-electron chi connectivity index (χ0n) is 12.2. The molecule has 0 radical (unpaired) electrons. The molecule has 0 aliphatic heterocycles. The van der Waals surface area contributed by atoms with E-state index in [0.717, 1.165) is 10.8 Å². The number of carbonyl (C=O) groups is 2. The highest BCUT2D eigenvalue weighted by atomic mass is 79.9. The SMILES string of the molecule is O=C(NC1(C(=O)O)CCCCC1)c1nc2ccc(Br)cn2c1F. The van der Waals surface area contributed by atoms with Gasteiger partial charge in [-0.15, -0.1) is 0 Å². The number of aromatic nitrogens is 2. The first kappa shape index (κ1) is 15.9. The van der Waals surface area contributed by atoms with Gasteiger partial charge in [0.2, 0.25) is 5.95 Å². The predicted octanol–water partition coefficient (Wildman–Crippen LogP) is 2.75. The molecule has 2 N–H and O–H groups in total. The van der Waals surface area contributed by atoms with E-state index in [1.165, 1.54) is 6.20 Å². The van der Waals surface area contributed by atoms with Crippen molar-refractivity contribution in [2.75, 3.05) is 0 Å². The number of nitrogens with one attached hydrogen (secondary N) is 1. The van der Waals surface area contributed by atoms with Crippen LogP contribution in [0.4, 0.5) is 4.39 Å². The highest BCUT2D eigenvalue weighted by molar-refractivity contribution is 9.10. The Bertz CT molecular complexity index is 784. The maximum atomic E-state index is 14.4. The van der Waals surface area contributed by atoms with E-state index >= 15 is 0 Å². The van der Waals surface area contributed by atoms with Crippen molar-refractivity contribution in [2.24, 2.45) is 0 Å². The maximum Gasteiger partial charge on any atom is 0.329 e. The third kappa shape index (κ3) is 2.83. The highest BCUT2D eigenvalue weighted by Crippen LogP contribution is 2.29. The monoisotopic (exact) mass is 383 g/mol. The van der Waals surface area contributed by atoms with Crippen LogP contribution in [-0.2, 0) is 4.79 Å². The van der Waals surface area contributed by atoms with Gasteiger partial charge in [-0.3, -0.25) is 9.20 Å². The van der Waals surface area contributed by atoms with Gasteiger partial charge in [0, 0.05) is 10.7 Å². The molecule has 0 unspecified atom stereocenters. The molecule has 1 saturated carbocycles. The van der Waals surface area contributed by atoms with Gasteiger partial charge in [-0.05, 0) is 40.9 Å². The molecule has 0 atom stereocenters. The lowest BCUT2D eigenvalue weighted by molar-refractivity contribution is -0.145. The van der Waals surface area contributed by atoms with Crippen LogP contribution >= 0.6 is 15.9 Å². The molecule has 3 rings (SSSR count). The second-order valence-electron chi connectivity index (χ2n) is 5.73. The van der Waals surface area contributed by atoms with E-state index < -0.39 is 29.1 Å². The summed E-state index contributed by atoms with van der Waals surface area (Å²) >= 11 is 3.23. The smallest absolute Gasteiger partial charge is 0.329 e. The van der Waals surface area contributed by atoms with E-state index in [4.69, 9.17) is 0 Å². The quantitative estimate of drug-likeness (QED) is 0.853. The summed E-state index contributed by atoms with van der Waals surface area (Å²) in [6, 6.07) is 3.25. The van der Waals surface area contributed by atoms with Gasteiger partial charge < -0.3 is 10.4 Å². The number of carboxylic acids is 1. The number of pyridine rings is 1. The average Bonchev–Trinajstić information content (AvgIpc) is 2.85. The van der Waals surface area contributed by atoms with Gasteiger partial charge in [-0.2, -0.15) is 4.39 Å². The number of nitrogens with zero attached hydrogens (tertiary/aromatic N) is 2. The number of rotatable bonds is 3. The first-order valence-electron chi connectivity index (χ1n) is 7.32. The summed E-state index contributed by atoms with van der Waals surface area (Å²) in [5.74, 6) is -2.70. The van der Waals surface area contributed by atoms with Crippen LogP contribution in [0.2, 0.25) is 0 Å². The molecule has 6 nitrogen and oxygen atoms in total. The first-order valence-corrected chi connectivity index (χ1v) is 8.11. The lowest BCUT2D eigenvalue weighted by Gasteiger charge is -2.33. The predicted molar refractivity (Wildman–Crippen MR) is 83.8 cm³/mol. The van der Waals surface area contributed by atoms with Crippen molar-refractivity contribution >= 4 is 33.5 Å². The fourth-order valence-electron chi connectivity index (χ4n) is 2.96. The van der Waals surface area contributed by atoms with E-state index in [-0.39, 0.29) is 5.65 Å². The minimum Gasteiger partial charge on any atom is -0.480 e. The van der Waals surface area contributed by atoms with Crippen molar-refractivity contribution in [3.63, 3.8) is 0 Å². The van der Waals surface area contributed by atoms with Gasteiger partial charge in [0.05, 0.1) is 0 Å². The second kappa shape index (κ2) is 5.92. The number of imidazole rings is 1. The van der Waals surface area contributed by atoms with E-state index in [1.54, 1.807) is 12.1 Å². The first-order chi connectivity index (χ1) is 10.9. The molecule has 1 amide bonds. The summed E-state index contributed by atoms with van der Waals surface area (Å²) in [4.78, 5) is 28.0. The summed E-state index contributed by atoms with van der Waals surface area (Å²) in [6.45, 7) is 0. The van der Waals surface area contributed by atoms with Crippen LogP contribution in [0.15, 0.2) is 22.8 Å². The van der Waals surface area contributed by atoms with Crippen LogP contribution in [0.25, 0.3) is 5.65 Å². The van der Waals surface area contributed by atoms with Crippen LogP contribution in [-0.4, -0.2) is 31.9 Å². The Kier molecular flexibility index (Phi) is 4.09. The highest BCUT2D eigenvalue weighted by Gasteiger charge is 2.42. The molecule has 0 spiro atoms. The summed E-state index contributed by atoms with van der Waals surface area (Å²) in [7, 11) is 0. The lowest BCUT2D eigenvalue weighted by Crippen LogP contribution is -2.55. The molecule has 0 aromatic carbocycles. The van der Waals surface area contributed by atoms with Crippen molar-refractivity contribution in [1.82, 2.24) is 14.7 Å². The summed E-state index contributed by atoms with van der Waals surface area (Å²) in [5.41, 5.74) is -1.45. The zero-order valence-corrected chi connectivity index (χ0v) is 13.8. The summed E-state index contributed by atoms with van der Waals surface area (Å²) in [5, 5.41) is 12.0. The number of hydrogen-bond donors (Lipinski definition) is 2. The fourth-order valence-corrected chi connectivity index (χ4v) is 3.30. The molecule has 23 heavy (non-hydrogen) atoms. The lowest BCUT2D eigenvalue weighted by atomic mass is 9.81. The van der Waals surface area contributed by atoms with Crippen molar-refractivity contribution in [2.45, 2.75) is 37.6 Å². The van der Waals surface area contributed by atoms with E-state index in [9.17, 15) is 19.1 Å². The number of amides is 1. The molecule has 1 fully saturated rings. The number of hydrogen-bond acceptors (Lipinski definition) is 3. The molecule has 2 aromatic heterocycles.